The fourth-order valence-corrected chi connectivity index (χ4v) is 4.87. The number of rotatable bonds is 3. The van der Waals surface area contributed by atoms with E-state index in [1.807, 2.05) is 12.3 Å². The lowest BCUT2D eigenvalue weighted by Gasteiger charge is -2.26. The van der Waals surface area contributed by atoms with Crippen molar-refractivity contribution >= 4 is 22.9 Å². The zero-order valence-corrected chi connectivity index (χ0v) is 13.8. The maximum absolute atomic E-state index is 4.97. The highest BCUT2D eigenvalue weighted by molar-refractivity contribution is 7.99. The minimum atomic E-state index is 0.606. The molecule has 0 aliphatic carbocycles. The van der Waals surface area contributed by atoms with Gasteiger partial charge in [0.25, 0.3) is 0 Å². The zero-order chi connectivity index (χ0) is 14.8. The molecule has 0 radical (unpaired) electrons. The van der Waals surface area contributed by atoms with Crippen LogP contribution in [0.3, 0.4) is 0 Å². The number of fused-ring (bicyclic) bond motifs is 1. The van der Waals surface area contributed by atoms with Gasteiger partial charge in [0.1, 0.15) is 11.3 Å². The summed E-state index contributed by atoms with van der Waals surface area (Å²) in [6.07, 6.45) is 7.04. The molecule has 2 aliphatic heterocycles. The Kier molecular flexibility index (Phi) is 4.35. The van der Waals surface area contributed by atoms with E-state index in [2.05, 4.69) is 32.7 Å². The van der Waals surface area contributed by atoms with Crippen LogP contribution < -0.4 is 5.32 Å². The highest BCUT2D eigenvalue weighted by Crippen LogP contribution is 2.33. The van der Waals surface area contributed by atoms with Gasteiger partial charge in [-0.05, 0) is 62.6 Å². The monoisotopic (exact) mass is 316 g/mol. The molecule has 1 N–H and O–H groups in total. The normalized spacial score (nSPS) is 23.9. The summed E-state index contributed by atoms with van der Waals surface area (Å²) in [7, 11) is 0. The first-order chi connectivity index (χ1) is 10.9. The quantitative estimate of drug-likeness (QED) is 0.945. The van der Waals surface area contributed by atoms with Gasteiger partial charge >= 0.3 is 0 Å². The summed E-state index contributed by atoms with van der Waals surface area (Å²) in [5.74, 6) is 5.18. The minimum absolute atomic E-state index is 0.606. The van der Waals surface area contributed by atoms with Crippen molar-refractivity contribution in [2.75, 3.05) is 24.6 Å². The number of nitrogens with zero attached hydrogens (tertiary/aromatic N) is 3. The number of aromatic nitrogens is 3. The molecule has 2 saturated heterocycles. The largest absolute Gasteiger partial charge is 0.317 e. The smallest absolute Gasteiger partial charge is 0.160 e. The number of imidazole rings is 1. The number of hydrogen-bond acceptors (Lipinski definition) is 4. The van der Waals surface area contributed by atoms with Crippen LogP contribution in [0.2, 0.25) is 0 Å². The first-order valence-corrected chi connectivity index (χ1v) is 9.67. The van der Waals surface area contributed by atoms with Gasteiger partial charge in [0.05, 0.1) is 0 Å². The van der Waals surface area contributed by atoms with Crippen molar-refractivity contribution in [2.24, 2.45) is 5.92 Å². The highest BCUT2D eigenvalue weighted by atomic mass is 32.2. The maximum Gasteiger partial charge on any atom is 0.160 e. The van der Waals surface area contributed by atoms with Crippen molar-refractivity contribution in [1.29, 1.82) is 0 Å². The lowest BCUT2D eigenvalue weighted by molar-refractivity contribution is 0.330. The van der Waals surface area contributed by atoms with Crippen LogP contribution in [0, 0.1) is 5.92 Å². The molecule has 4 rings (SSSR count). The SMILES string of the molecule is c1cnc2c(c1)nc(C1CCCSC1)n2CC1CCNCC1. The lowest BCUT2D eigenvalue weighted by Crippen LogP contribution is -2.30. The van der Waals surface area contributed by atoms with Crippen LogP contribution >= 0.6 is 11.8 Å². The van der Waals surface area contributed by atoms with Crippen molar-refractivity contribution < 1.29 is 0 Å². The molecule has 0 saturated carbocycles. The number of nitrogens with one attached hydrogen (secondary N) is 1. The summed E-state index contributed by atoms with van der Waals surface area (Å²) in [5.41, 5.74) is 2.16. The van der Waals surface area contributed by atoms with Crippen molar-refractivity contribution in [3.05, 3.63) is 24.2 Å². The number of thioether (sulfide) groups is 1. The first kappa shape index (κ1) is 14.5. The zero-order valence-electron chi connectivity index (χ0n) is 13.0. The molecule has 2 aromatic rings. The fraction of sp³-hybridized carbons (Fsp3) is 0.647. The second-order valence-corrected chi connectivity index (χ2v) is 7.68. The van der Waals surface area contributed by atoms with Gasteiger partial charge in [-0.1, -0.05) is 0 Å². The van der Waals surface area contributed by atoms with Crippen LogP contribution in [-0.4, -0.2) is 39.1 Å². The Labute approximate surface area is 136 Å². The van der Waals surface area contributed by atoms with E-state index < -0.39 is 0 Å². The average molecular weight is 316 g/mol. The number of pyridine rings is 1. The molecule has 2 aromatic heterocycles. The van der Waals surface area contributed by atoms with Gasteiger partial charge in [-0.3, -0.25) is 0 Å². The van der Waals surface area contributed by atoms with Gasteiger partial charge in [0.15, 0.2) is 5.65 Å². The molecule has 1 unspecified atom stereocenters. The van der Waals surface area contributed by atoms with E-state index >= 15 is 0 Å². The minimum Gasteiger partial charge on any atom is -0.317 e. The van der Waals surface area contributed by atoms with Crippen LogP contribution in [0.1, 0.15) is 37.4 Å². The van der Waals surface area contributed by atoms with Crippen molar-refractivity contribution in [3.63, 3.8) is 0 Å². The Hall–Kier alpha value is -1.07. The van der Waals surface area contributed by atoms with Crippen molar-refractivity contribution in [2.45, 2.75) is 38.1 Å². The van der Waals surface area contributed by atoms with Gasteiger partial charge in [-0.2, -0.15) is 11.8 Å². The summed E-state index contributed by atoms with van der Waals surface area (Å²) in [5, 5.41) is 3.47. The molecule has 2 aliphatic rings. The number of piperidine rings is 1. The van der Waals surface area contributed by atoms with Gasteiger partial charge in [-0.25, -0.2) is 9.97 Å². The molecule has 4 nitrogen and oxygen atoms in total. The van der Waals surface area contributed by atoms with Crippen LogP contribution in [0.4, 0.5) is 0 Å². The molecular weight excluding hydrogens is 292 g/mol. The Morgan fingerprint density at radius 2 is 2.18 bits per heavy atom. The van der Waals surface area contributed by atoms with E-state index in [1.165, 1.54) is 43.0 Å². The Morgan fingerprint density at radius 3 is 3.00 bits per heavy atom. The third kappa shape index (κ3) is 2.88. The second-order valence-electron chi connectivity index (χ2n) is 6.53. The highest BCUT2D eigenvalue weighted by Gasteiger charge is 2.25. The van der Waals surface area contributed by atoms with Crippen LogP contribution in [0.25, 0.3) is 11.2 Å². The molecule has 1 atom stereocenters. The van der Waals surface area contributed by atoms with Crippen molar-refractivity contribution in [1.82, 2.24) is 19.9 Å². The van der Waals surface area contributed by atoms with Gasteiger partial charge in [0, 0.05) is 24.4 Å². The first-order valence-electron chi connectivity index (χ1n) is 8.51. The molecule has 5 heteroatoms. The van der Waals surface area contributed by atoms with Crippen LogP contribution in [-0.2, 0) is 6.54 Å². The summed E-state index contributed by atoms with van der Waals surface area (Å²) in [4.78, 5) is 9.61. The lowest BCUT2D eigenvalue weighted by atomic mass is 9.97. The summed E-state index contributed by atoms with van der Waals surface area (Å²) in [6.45, 7) is 3.39. The molecular formula is C17H24N4S. The predicted octanol–water partition coefficient (Wildman–Crippen LogP) is 3.04. The van der Waals surface area contributed by atoms with E-state index in [-0.39, 0.29) is 0 Å². The van der Waals surface area contributed by atoms with E-state index in [9.17, 15) is 0 Å². The molecule has 0 spiro atoms. The van der Waals surface area contributed by atoms with Crippen LogP contribution in [0.5, 0.6) is 0 Å². The molecule has 0 amide bonds. The Balaban J connectivity index is 1.69. The van der Waals surface area contributed by atoms with Gasteiger partial charge < -0.3 is 9.88 Å². The van der Waals surface area contributed by atoms with E-state index in [0.29, 0.717) is 5.92 Å². The van der Waals surface area contributed by atoms with Gasteiger partial charge in [0.2, 0.25) is 0 Å². The third-order valence-electron chi connectivity index (χ3n) is 4.96. The van der Waals surface area contributed by atoms with E-state index in [4.69, 9.17) is 4.98 Å². The van der Waals surface area contributed by atoms with Crippen LogP contribution in [0.15, 0.2) is 18.3 Å². The summed E-state index contributed by atoms with van der Waals surface area (Å²) in [6, 6.07) is 4.12. The van der Waals surface area contributed by atoms with E-state index in [0.717, 1.165) is 36.7 Å². The Bertz CT molecular complexity index is 627. The number of hydrogen-bond donors (Lipinski definition) is 1. The topological polar surface area (TPSA) is 42.7 Å². The van der Waals surface area contributed by atoms with E-state index in [1.54, 1.807) is 0 Å². The third-order valence-corrected chi connectivity index (χ3v) is 6.17. The molecule has 118 valence electrons. The maximum atomic E-state index is 4.97. The van der Waals surface area contributed by atoms with Gasteiger partial charge in [-0.15, -0.1) is 0 Å². The predicted molar refractivity (Wildman–Crippen MR) is 92.4 cm³/mol. The summed E-state index contributed by atoms with van der Waals surface area (Å²) >= 11 is 2.08. The van der Waals surface area contributed by atoms with Crippen molar-refractivity contribution in [3.8, 4) is 0 Å². The fourth-order valence-electron chi connectivity index (χ4n) is 3.73. The summed E-state index contributed by atoms with van der Waals surface area (Å²) < 4.78 is 2.45. The standard InChI is InChI=1S/C17H24N4S/c1-4-15-17(19-7-1)21(11-13-5-8-18-9-6-13)16(20-15)14-3-2-10-22-12-14/h1,4,7,13-14,18H,2-3,5-6,8-12H2. The molecule has 22 heavy (non-hydrogen) atoms. The second kappa shape index (κ2) is 6.59. The molecule has 4 heterocycles. The molecule has 0 bridgehead atoms. The Morgan fingerprint density at radius 1 is 1.27 bits per heavy atom. The molecule has 0 aromatic carbocycles. The molecule has 2 fully saturated rings. The average Bonchev–Trinajstić information content (AvgIpc) is 2.95.